The molecule has 0 aliphatic rings. The van der Waals surface area contributed by atoms with Gasteiger partial charge in [0.1, 0.15) is 0 Å². The number of anilines is 1. The fourth-order valence-electron chi connectivity index (χ4n) is 0.769. The average Bonchev–Trinajstić information content (AvgIpc) is 2.04. The molecule has 11 heavy (non-hydrogen) atoms. The first kappa shape index (κ1) is 7.78. The number of aryl methyl sites for hydroxylation is 1. The molecular formula is C7H11N3O. The van der Waals surface area contributed by atoms with Crippen molar-refractivity contribution in [2.24, 2.45) is 0 Å². The van der Waals surface area contributed by atoms with E-state index in [4.69, 9.17) is 10.5 Å². The van der Waals surface area contributed by atoms with Crippen LogP contribution < -0.4 is 10.5 Å². The average molecular weight is 153 g/mol. The zero-order valence-electron chi connectivity index (χ0n) is 6.66. The molecule has 0 aliphatic heterocycles. The van der Waals surface area contributed by atoms with E-state index in [2.05, 4.69) is 10.2 Å². The predicted octanol–water partition coefficient (Wildman–Crippen LogP) is 0.630. The summed E-state index contributed by atoms with van der Waals surface area (Å²) in [6.45, 7) is 2.00. The van der Waals surface area contributed by atoms with Crippen molar-refractivity contribution in [3.63, 3.8) is 0 Å². The van der Waals surface area contributed by atoms with Gasteiger partial charge in [-0.25, -0.2) is 0 Å². The Morgan fingerprint density at radius 3 is 2.73 bits per heavy atom. The molecule has 0 fully saturated rings. The number of rotatable bonds is 2. The first-order valence-corrected chi connectivity index (χ1v) is 3.44. The maximum Gasteiger partial charge on any atom is 0.256 e. The Labute approximate surface area is 65.4 Å². The number of hydrogen-bond donors (Lipinski definition) is 1. The summed E-state index contributed by atoms with van der Waals surface area (Å²) in [5, 5.41) is 7.64. The van der Waals surface area contributed by atoms with E-state index in [1.807, 2.05) is 6.92 Å². The van der Waals surface area contributed by atoms with Gasteiger partial charge < -0.3 is 10.5 Å². The fraction of sp³-hybridized carbons (Fsp3) is 0.429. The van der Waals surface area contributed by atoms with Gasteiger partial charge in [0.15, 0.2) is 0 Å². The van der Waals surface area contributed by atoms with Crippen molar-refractivity contribution in [1.82, 2.24) is 10.2 Å². The lowest BCUT2D eigenvalue weighted by Crippen LogP contribution is -1.99. The van der Waals surface area contributed by atoms with Crippen LogP contribution in [0.15, 0.2) is 6.07 Å². The first-order valence-electron chi connectivity index (χ1n) is 3.44. The highest BCUT2D eigenvalue weighted by Crippen LogP contribution is 2.15. The summed E-state index contributed by atoms with van der Waals surface area (Å²) in [5.41, 5.74) is 7.00. The van der Waals surface area contributed by atoms with E-state index in [0.717, 1.165) is 12.1 Å². The Bertz CT molecular complexity index is 249. The maximum atomic E-state index is 5.58. The molecule has 0 aromatic carbocycles. The van der Waals surface area contributed by atoms with Crippen molar-refractivity contribution >= 4 is 5.69 Å². The molecule has 0 saturated carbocycles. The minimum absolute atomic E-state index is 0.391. The van der Waals surface area contributed by atoms with Crippen molar-refractivity contribution in [1.29, 1.82) is 0 Å². The molecule has 0 radical (unpaired) electrons. The molecule has 0 spiro atoms. The van der Waals surface area contributed by atoms with Gasteiger partial charge in [-0.3, -0.25) is 0 Å². The fourth-order valence-corrected chi connectivity index (χ4v) is 0.769. The minimum atomic E-state index is 0.391. The van der Waals surface area contributed by atoms with Crippen LogP contribution in [0.25, 0.3) is 0 Å². The van der Waals surface area contributed by atoms with Gasteiger partial charge in [0.05, 0.1) is 18.5 Å². The maximum absolute atomic E-state index is 5.58. The molecular weight excluding hydrogens is 142 g/mol. The highest BCUT2D eigenvalue weighted by Gasteiger charge is 2.01. The molecule has 0 bridgehead atoms. The zero-order valence-corrected chi connectivity index (χ0v) is 6.66. The molecule has 4 heteroatoms. The van der Waals surface area contributed by atoms with Gasteiger partial charge in [-0.15, -0.1) is 5.10 Å². The Morgan fingerprint density at radius 1 is 1.55 bits per heavy atom. The lowest BCUT2D eigenvalue weighted by atomic mass is 10.3. The Hall–Kier alpha value is -1.32. The van der Waals surface area contributed by atoms with Crippen molar-refractivity contribution < 1.29 is 4.74 Å². The number of nitrogens with two attached hydrogens (primary N) is 1. The molecule has 0 unspecified atom stereocenters. The Kier molecular flexibility index (Phi) is 2.25. The second-order valence-electron chi connectivity index (χ2n) is 2.15. The summed E-state index contributed by atoms with van der Waals surface area (Å²) in [5.74, 6) is 0.391. The summed E-state index contributed by atoms with van der Waals surface area (Å²) < 4.78 is 4.85. The number of ether oxygens (including phenoxy) is 1. The van der Waals surface area contributed by atoms with E-state index < -0.39 is 0 Å². The number of nitrogens with zero attached hydrogens (tertiary/aromatic N) is 2. The quantitative estimate of drug-likeness (QED) is 0.677. The molecule has 0 aliphatic carbocycles. The zero-order chi connectivity index (χ0) is 8.27. The SMILES string of the molecule is CCc1cc(N)c(OC)nn1. The van der Waals surface area contributed by atoms with Crippen LogP contribution in [0.4, 0.5) is 5.69 Å². The first-order chi connectivity index (χ1) is 5.27. The van der Waals surface area contributed by atoms with Crippen molar-refractivity contribution in [2.45, 2.75) is 13.3 Å². The van der Waals surface area contributed by atoms with Gasteiger partial charge in [-0.1, -0.05) is 6.92 Å². The van der Waals surface area contributed by atoms with E-state index in [0.29, 0.717) is 11.6 Å². The van der Waals surface area contributed by atoms with Gasteiger partial charge in [0.2, 0.25) is 0 Å². The van der Waals surface area contributed by atoms with Crippen molar-refractivity contribution in [3.8, 4) is 5.88 Å². The van der Waals surface area contributed by atoms with Gasteiger partial charge in [-0.05, 0) is 12.5 Å². The Morgan fingerprint density at radius 2 is 2.27 bits per heavy atom. The normalized spacial score (nSPS) is 9.64. The second kappa shape index (κ2) is 3.18. The molecule has 1 aromatic rings. The third kappa shape index (κ3) is 1.58. The van der Waals surface area contributed by atoms with Crippen LogP contribution in [0.5, 0.6) is 5.88 Å². The van der Waals surface area contributed by atoms with Gasteiger partial charge in [0.25, 0.3) is 5.88 Å². The smallest absolute Gasteiger partial charge is 0.256 e. The molecule has 60 valence electrons. The lowest BCUT2D eigenvalue weighted by Gasteiger charge is -2.01. The molecule has 0 saturated heterocycles. The van der Waals surface area contributed by atoms with Crippen LogP contribution in [0, 0.1) is 0 Å². The molecule has 4 nitrogen and oxygen atoms in total. The molecule has 0 amide bonds. The monoisotopic (exact) mass is 153 g/mol. The Balaban J connectivity index is 2.99. The molecule has 1 heterocycles. The summed E-state index contributed by atoms with van der Waals surface area (Å²) in [7, 11) is 1.52. The standard InChI is InChI=1S/C7H11N3O/c1-3-5-4-6(8)7(11-2)10-9-5/h4H,3H2,1-2H3,(H2,8,9). The van der Waals surface area contributed by atoms with Gasteiger partial charge >= 0.3 is 0 Å². The third-order valence-corrected chi connectivity index (χ3v) is 1.39. The second-order valence-corrected chi connectivity index (χ2v) is 2.15. The summed E-state index contributed by atoms with van der Waals surface area (Å²) in [4.78, 5) is 0. The summed E-state index contributed by atoms with van der Waals surface area (Å²) in [6, 6.07) is 1.77. The van der Waals surface area contributed by atoms with Crippen LogP contribution in [0.1, 0.15) is 12.6 Å². The van der Waals surface area contributed by atoms with Gasteiger partial charge in [-0.2, -0.15) is 5.10 Å². The van der Waals surface area contributed by atoms with E-state index in [1.54, 1.807) is 6.07 Å². The van der Waals surface area contributed by atoms with Crippen LogP contribution in [-0.2, 0) is 6.42 Å². The molecule has 1 rings (SSSR count). The highest BCUT2D eigenvalue weighted by molar-refractivity contribution is 5.47. The molecule has 1 aromatic heterocycles. The molecule has 0 atom stereocenters. The minimum Gasteiger partial charge on any atom is -0.478 e. The van der Waals surface area contributed by atoms with E-state index in [1.165, 1.54) is 7.11 Å². The van der Waals surface area contributed by atoms with Crippen LogP contribution in [0.2, 0.25) is 0 Å². The lowest BCUT2D eigenvalue weighted by molar-refractivity contribution is 0.393. The topological polar surface area (TPSA) is 61.0 Å². The molecule has 2 N–H and O–H groups in total. The van der Waals surface area contributed by atoms with Crippen LogP contribution >= 0.6 is 0 Å². The number of hydrogen-bond acceptors (Lipinski definition) is 4. The van der Waals surface area contributed by atoms with E-state index in [-0.39, 0.29) is 0 Å². The van der Waals surface area contributed by atoms with Gasteiger partial charge in [0, 0.05) is 0 Å². The van der Waals surface area contributed by atoms with Crippen molar-refractivity contribution in [3.05, 3.63) is 11.8 Å². The summed E-state index contributed by atoms with van der Waals surface area (Å²) in [6.07, 6.45) is 0.835. The predicted molar refractivity (Wildman–Crippen MR) is 42.4 cm³/mol. The van der Waals surface area contributed by atoms with Crippen LogP contribution in [0.3, 0.4) is 0 Å². The number of nitrogen functional groups attached to an aromatic ring is 1. The number of methoxy groups -OCH3 is 1. The van der Waals surface area contributed by atoms with E-state index in [9.17, 15) is 0 Å². The van der Waals surface area contributed by atoms with Crippen molar-refractivity contribution in [2.75, 3.05) is 12.8 Å². The third-order valence-electron chi connectivity index (χ3n) is 1.39. The largest absolute Gasteiger partial charge is 0.478 e. The van der Waals surface area contributed by atoms with Crippen LogP contribution in [-0.4, -0.2) is 17.3 Å². The van der Waals surface area contributed by atoms with E-state index >= 15 is 0 Å². The number of aromatic nitrogens is 2. The highest BCUT2D eigenvalue weighted by atomic mass is 16.5. The summed E-state index contributed by atoms with van der Waals surface area (Å²) >= 11 is 0.